The molecule has 0 aliphatic carbocycles. The van der Waals surface area contributed by atoms with Crippen LogP contribution in [0.3, 0.4) is 0 Å². The number of hydrogen-bond acceptors (Lipinski definition) is 6. The van der Waals surface area contributed by atoms with Crippen LogP contribution < -0.4 is 10.6 Å². The number of nitriles is 1. The van der Waals surface area contributed by atoms with Crippen molar-refractivity contribution in [1.29, 1.82) is 5.26 Å². The number of pyridine rings is 1. The standard InChI is InChI=1S/C15H16F3N5O/c16-15(17,18)12-6-13(10(7-19)9-21-2-5-24)22-14(11(12)8-20)23-3-1-4-23/h6-7,9,24H,1-5,19H2. The first-order valence-electron chi connectivity index (χ1n) is 7.22. The highest BCUT2D eigenvalue weighted by atomic mass is 19.4. The van der Waals surface area contributed by atoms with E-state index in [1.54, 1.807) is 11.0 Å². The van der Waals surface area contributed by atoms with Gasteiger partial charge in [-0.25, -0.2) is 4.98 Å². The number of nitrogens with two attached hydrogens (primary N) is 1. The number of allylic oxidation sites excluding steroid dienone is 1. The summed E-state index contributed by atoms with van der Waals surface area (Å²) >= 11 is 0. The minimum Gasteiger partial charge on any atom is -0.404 e. The zero-order valence-electron chi connectivity index (χ0n) is 12.7. The Morgan fingerprint density at radius 3 is 2.67 bits per heavy atom. The molecular formula is C15H16F3N5O. The third kappa shape index (κ3) is 3.65. The summed E-state index contributed by atoms with van der Waals surface area (Å²) in [5, 5.41) is 17.9. The van der Waals surface area contributed by atoms with Crippen LogP contribution in [-0.4, -0.2) is 42.5 Å². The fraction of sp³-hybridized carbons (Fsp3) is 0.400. The number of anilines is 1. The van der Waals surface area contributed by atoms with Crippen molar-refractivity contribution < 1.29 is 18.3 Å². The van der Waals surface area contributed by atoms with Crippen molar-refractivity contribution in [2.45, 2.75) is 12.6 Å². The second-order valence-electron chi connectivity index (χ2n) is 5.08. The Morgan fingerprint density at radius 2 is 2.21 bits per heavy atom. The van der Waals surface area contributed by atoms with Crippen LogP contribution in [0.15, 0.2) is 17.3 Å². The van der Waals surface area contributed by atoms with Crippen LogP contribution in [-0.2, 0) is 6.18 Å². The van der Waals surface area contributed by atoms with E-state index in [0.29, 0.717) is 13.1 Å². The molecule has 2 heterocycles. The van der Waals surface area contributed by atoms with E-state index in [2.05, 4.69) is 9.98 Å². The average Bonchev–Trinajstić information content (AvgIpc) is 2.48. The third-order valence-corrected chi connectivity index (χ3v) is 3.51. The van der Waals surface area contributed by atoms with Crippen LogP contribution >= 0.6 is 0 Å². The van der Waals surface area contributed by atoms with Gasteiger partial charge in [-0.1, -0.05) is 0 Å². The molecule has 1 aromatic rings. The highest BCUT2D eigenvalue weighted by Gasteiger charge is 2.37. The second kappa shape index (κ2) is 7.31. The SMILES string of the molecule is N#Cc1c(C(F)(F)F)cc(C(C=NCCO)=CN)nc1N1CCC1. The molecule has 0 amide bonds. The van der Waals surface area contributed by atoms with E-state index in [1.807, 2.05) is 0 Å². The van der Waals surface area contributed by atoms with Gasteiger partial charge in [0.2, 0.25) is 0 Å². The van der Waals surface area contributed by atoms with E-state index in [0.717, 1.165) is 18.7 Å². The molecule has 0 aromatic carbocycles. The lowest BCUT2D eigenvalue weighted by atomic mass is 10.0. The molecule has 0 atom stereocenters. The lowest BCUT2D eigenvalue weighted by molar-refractivity contribution is -0.137. The first-order chi connectivity index (χ1) is 11.4. The molecule has 9 heteroatoms. The second-order valence-corrected chi connectivity index (χ2v) is 5.08. The average molecular weight is 339 g/mol. The van der Waals surface area contributed by atoms with Crippen molar-refractivity contribution in [2.75, 3.05) is 31.1 Å². The van der Waals surface area contributed by atoms with Gasteiger partial charge in [0.15, 0.2) is 0 Å². The first kappa shape index (κ1) is 17.7. The number of hydrogen-bond donors (Lipinski definition) is 2. The van der Waals surface area contributed by atoms with E-state index in [-0.39, 0.29) is 30.2 Å². The molecule has 0 unspecified atom stereocenters. The maximum Gasteiger partial charge on any atom is 0.417 e. The number of halogens is 3. The van der Waals surface area contributed by atoms with Gasteiger partial charge in [0, 0.05) is 31.1 Å². The van der Waals surface area contributed by atoms with Crippen molar-refractivity contribution in [3.05, 3.63) is 29.1 Å². The number of aliphatic hydroxyl groups is 1. The fourth-order valence-electron chi connectivity index (χ4n) is 2.19. The zero-order chi connectivity index (χ0) is 17.7. The van der Waals surface area contributed by atoms with Crippen molar-refractivity contribution in [3.8, 4) is 6.07 Å². The molecule has 6 nitrogen and oxygen atoms in total. The normalized spacial score (nSPS) is 15.5. The lowest BCUT2D eigenvalue weighted by Crippen LogP contribution is -2.38. The van der Waals surface area contributed by atoms with Crippen molar-refractivity contribution in [2.24, 2.45) is 10.7 Å². The van der Waals surface area contributed by atoms with Gasteiger partial charge >= 0.3 is 6.18 Å². The molecule has 1 saturated heterocycles. The van der Waals surface area contributed by atoms with Gasteiger partial charge in [-0.3, -0.25) is 4.99 Å². The molecule has 0 radical (unpaired) electrons. The maximum absolute atomic E-state index is 13.3. The molecule has 1 aliphatic rings. The minimum absolute atomic E-state index is 0.00323. The van der Waals surface area contributed by atoms with E-state index in [1.165, 1.54) is 6.21 Å². The highest BCUT2D eigenvalue weighted by Crippen LogP contribution is 2.37. The molecule has 1 aliphatic heterocycles. The summed E-state index contributed by atoms with van der Waals surface area (Å²) in [6.45, 7) is 0.992. The van der Waals surface area contributed by atoms with Gasteiger partial charge in [-0.2, -0.15) is 18.4 Å². The summed E-state index contributed by atoms with van der Waals surface area (Å²) in [4.78, 5) is 9.67. The molecule has 0 spiro atoms. The minimum atomic E-state index is -4.69. The van der Waals surface area contributed by atoms with Crippen LogP contribution in [0.2, 0.25) is 0 Å². The number of alkyl halides is 3. The summed E-state index contributed by atoms with van der Waals surface area (Å²) < 4.78 is 40.0. The van der Waals surface area contributed by atoms with Crippen molar-refractivity contribution >= 4 is 17.6 Å². The number of nitrogens with zero attached hydrogens (tertiary/aromatic N) is 4. The Hall–Kier alpha value is -2.60. The van der Waals surface area contributed by atoms with Gasteiger partial charge in [-0.05, 0) is 12.5 Å². The molecular weight excluding hydrogens is 323 g/mol. The predicted molar refractivity (Wildman–Crippen MR) is 83.4 cm³/mol. The molecule has 3 N–H and O–H groups in total. The Bertz CT molecular complexity index is 702. The van der Waals surface area contributed by atoms with Gasteiger partial charge in [0.25, 0.3) is 0 Å². The zero-order valence-corrected chi connectivity index (χ0v) is 12.7. The molecule has 24 heavy (non-hydrogen) atoms. The molecule has 1 fully saturated rings. The highest BCUT2D eigenvalue weighted by molar-refractivity contribution is 6.09. The van der Waals surface area contributed by atoms with Crippen LogP contribution in [0.1, 0.15) is 23.2 Å². The lowest BCUT2D eigenvalue weighted by Gasteiger charge is -2.33. The topological polar surface area (TPSA) is 98.5 Å². The molecule has 2 rings (SSSR count). The van der Waals surface area contributed by atoms with Crippen LogP contribution in [0.4, 0.5) is 19.0 Å². The molecule has 0 bridgehead atoms. The summed E-state index contributed by atoms with van der Waals surface area (Å²) in [5.41, 5.74) is 4.09. The Labute approximate surface area is 136 Å². The summed E-state index contributed by atoms with van der Waals surface area (Å²) in [6.07, 6.45) is -1.51. The van der Waals surface area contributed by atoms with Crippen molar-refractivity contribution in [3.63, 3.8) is 0 Å². The largest absolute Gasteiger partial charge is 0.417 e. The smallest absolute Gasteiger partial charge is 0.404 e. The van der Waals surface area contributed by atoms with Gasteiger partial charge in [0.1, 0.15) is 17.5 Å². The first-order valence-corrected chi connectivity index (χ1v) is 7.22. The van der Waals surface area contributed by atoms with Crippen LogP contribution in [0.25, 0.3) is 5.57 Å². The van der Waals surface area contributed by atoms with E-state index in [4.69, 9.17) is 10.8 Å². The maximum atomic E-state index is 13.3. The van der Waals surface area contributed by atoms with Gasteiger partial charge in [0.05, 0.1) is 24.4 Å². The molecule has 1 aromatic heterocycles. The van der Waals surface area contributed by atoms with E-state index < -0.39 is 17.3 Å². The number of aliphatic hydroxyl groups excluding tert-OH is 1. The number of aromatic nitrogens is 1. The van der Waals surface area contributed by atoms with Gasteiger partial charge < -0.3 is 15.7 Å². The summed E-state index contributed by atoms with van der Waals surface area (Å²) in [6, 6.07) is 2.41. The number of rotatable bonds is 5. The van der Waals surface area contributed by atoms with E-state index >= 15 is 0 Å². The van der Waals surface area contributed by atoms with E-state index in [9.17, 15) is 18.4 Å². The Balaban J connectivity index is 2.58. The molecule has 128 valence electrons. The Kier molecular flexibility index (Phi) is 5.41. The third-order valence-electron chi connectivity index (χ3n) is 3.51. The van der Waals surface area contributed by atoms with Crippen LogP contribution in [0, 0.1) is 11.3 Å². The monoisotopic (exact) mass is 339 g/mol. The summed E-state index contributed by atoms with van der Waals surface area (Å²) in [5.74, 6) is 0.00323. The molecule has 0 saturated carbocycles. The summed E-state index contributed by atoms with van der Waals surface area (Å²) in [7, 11) is 0. The van der Waals surface area contributed by atoms with Crippen LogP contribution in [0.5, 0.6) is 0 Å². The quantitative estimate of drug-likeness (QED) is 0.793. The van der Waals surface area contributed by atoms with Crippen molar-refractivity contribution in [1.82, 2.24) is 4.98 Å². The fourth-order valence-corrected chi connectivity index (χ4v) is 2.19. The Morgan fingerprint density at radius 1 is 1.50 bits per heavy atom. The van der Waals surface area contributed by atoms with Gasteiger partial charge in [-0.15, -0.1) is 0 Å². The predicted octanol–water partition coefficient (Wildman–Crippen LogP) is 1.54. The number of aliphatic imine (C=N–C) groups is 1.